The highest BCUT2D eigenvalue weighted by molar-refractivity contribution is 6.14. The lowest BCUT2D eigenvalue weighted by Crippen LogP contribution is -2.14. The average Bonchev–Trinajstić information content (AvgIpc) is 4.02. The summed E-state index contributed by atoms with van der Waals surface area (Å²) >= 11 is 0. The fourth-order valence-electron chi connectivity index (χ4n) is 9.80. The lowest BCUT2D eigenvalue weighted by molar-refractivity contribution is 0.661. The summed E-state index contributed by atoms with van der Waals surface area (Å²) in [6, 6.07) is 59.5. The number of aromatic nitrogens is 4. The van der Waals surface area contributed by atoms with Gasteiger partial charge in [-0.05, 0) is 76.9 Å². The molecule has 13 rings (SSSR count). The molecule has 0 radical (unpaired) electrons. The van der Waals surface area contributed by atoms with E-state index in [1.165, 1.54) is 44.1 Å². The SMILES string of the molecule is CC1(C)c2ccccc2-c2cc3c4ccccc4n(-c4ccc5oc6c(-c7nc(-c8ccccc8)nc(-c8cccc9c8oc8ccccc89)n7)cccc6c5c4)c3cc21. The van der Waals surface area contributed by atoms with Gasteiger partial charge in [0.15, 0.2) is 17.5 Å². The Balaban J connectivity index is 1.01. The van der Waals surface area contributed by atoms with Crippen LogP contribution in [0.15, 0.2) is 179 Å². The van der Waals surface area contributed by atoms with Gasteiger partial charge >= 0.3 is 0 Å². The van der Waals surface area contributed by atoms with E-state index in [-0.39, 0.29) is 5.41 Å². The van der Waals surface area contributed by atoms with Crippen LogP contribution in [0.2, 0.25) is 0 Å². The Hall–Kier alpha value is -7.83. The maximum absolute atomic E-state index is 6.78. The van der Waals surface area contributed by atoms with Gasteiger partial charge in [0.05, 0.1) is 22.2 Å². The van der Waals surface area contributed by atoms with Crippen molar-refractivity contribution in [1.29, 1.82) is 0 Å². The standard InChI is InChI=1S/C54H34N4O2/c1-54(2)43-23-9-6-16-33(43)40-29-41-34-17-7-10-24-45(34)58(46(41)30-44(40)54)32-26-27-48-42(28-32)37-20-13-22-39(50(37)60-48)53-56-51(31-14-4-3-5-15-31)55-52(57-53)38-21-12-19-36-35-18-8-11-25-47(35)59-49(36)38/h3-30H,1-2H3. The lowest BCUT2D eigenvalue weighted by Gasteiger charge is -2.21. The van der Waals surface area contributed by atoms with E-state index in [9.17, 15) is 0 Å². The molecule has 1 aliphatic rings. The van der Waals surface area contributed by atoms with Gasteiger partial charge in [-0.25, -0.2) is 15.0 Å². The molecule has 0 saturated carbocycles. The van der Waals surface area contributed by atoms with Crippen molar-refractivity contribution in [3.8, 4) is 51.0 Å². The Morgan fingerprint density at radius 2 is 1.00 bits per heavy atom. The largest absolute Gasteiger partial charge is 0.455 e. The predicted octanol–water partition coefficient (Wildman–Crippen LogP) is 14.1. The molecule has 4 aromatic heterocycles. The summed E-state index contributed by atoms with van der Waals surface area (Å²) in [5, 5.41) is 6.56. The average molecular weight is 771 g/mol. The van der Waals surface area contributed by atoms with Gasteiger partial charge in [0.1, 0.15) is 22.3 Å². The molecule has 282 valence electrons. The Labute approximate surface area is 344 Å². The molecule has 0 aliphatic heterocycles. The molecule has 0 saturated heterocycles. The fourth-order valence-corrected chi connectivity index (χ4v) is 9.80. The van der Waals surface area contributed by atoms with Crippen molar-refractivity contribution >= 4 is 65.7 Å². The molecular weight excluding hydrogens is 737 g/mol. The summed E-state index contributed by atoms with van der Waals surface area (Å²) in [6.07, 6.45) is 0. The van der Waals surface area contributed by atoms with Crippen LogP contribution in [-0.4, -0.2) is 19.5 Å². The molecule has 0 fully saturated rings. The maximum atomic E-state index is 6.78. The van der Waals surface area contributed by atoms with Crippen molar-refractivity contribution in [2.45, 2.75) is 19.3 Å². The van der Waals surface area contributed by atoms with E-state index in [1.807, 2.05) is 66.7 Å². The highest BCUT2D eigenvalue weighted by Gasteiger charge is 2.36. The molecule has 60 heavy (non-hydrogen) atoms. The van der Waals surface area contributed by atoms with Gasteiger partial charge in [0.25, 0.3) is 0 Å². The first-order valence-electron chi connectivity index (χ1n) is 20.4. The molecular formula is C54H34N4O2. The van der Waals surface area contributed by atoms with Crippen LogP contribution in [0.1, 0.15) is 25.0 Å². The number of hydrogen-bond donors (Lipinski definition) is 0. The molecule has 0 bridgehead atoms. The van der Waals surface area contributed by atoms with E-state index in [4.69, 9.17) is 23.8 Å². The first-order valence-corrected chi connectivity index (χ1v) is 20.4. The quantitative estimate of drug-likeness (QED) is 0.178. The molecule has 12 aromatic rings. The fraction of sp³-hybridized carbons (Fsp3) is 0.0556. The van der Waals surface area contributed by atoms with Gasteiger partial charge in [0.2, 0.25) is 0 Å². The second kappa shape index (κ2) is 12.1. The minimum atomic E-state index is -0.115. The zero-order chi connectivity index (χ0) is 39.7. The molecule has 1 aliphatic carbocycles. The highest BCUT2D eigenvalue weighted by Crippen LogP contribution is 2.51. The zero-order valence-corrected chi connectivity index (χ0v) is 32.8. The number of benzene rings is 8. The van der Waals surface area contributed by atoms with Crippen LogP contribution in [0, 0.1) is 0 Å². The van der Waals surface area contributed by atoms with Crippen LogP contribution in [0.4, 0.5) is 0 Å². The topological polar surface area (TPSA) is 69.9 Å². The third-order valence-corrected chi connectivity index (χ3v) is 12.7. The van der Waals surface area contributed by atoms with Gasteiger partial charge in [-0.3, -0.25) is 0 Å². The molecule has 8 aromatic carbocycles. The van der Waals surface area contributed by atoms with Crippen molar-refractivity contribution in [2.24, 2.45) is 0 Å². The third-order valence-electron chi connectivity index (χ3n) is 12.7. The minimum absolute atomic E-state index is 0.115. The number of fused-ring (bicyclic) bond motifs is 12. The predicted molar refractivity (Wildman–Crippen MR) is 243 cm³/mol. The maximum Gasteiger partial charge on any atom is 0.167 e. The summed E-state index contributed by atoms with van der Waals surface area (Å²) in [5.74, 6) is 1.63. The van der Waals surface area contributed by atoms with Crippen LogP contribution < -0.4 is 0 Å². The van der Waals surface area contributed by atoms with Crippen molar-refractivity contribution in [2.75, 3.05) is 0 Å². The Kier molecular flexibility index (Phi) is 6.69. The van der Waals surface area contributed by atoms with Crippen molar-refractivity contribution in [3.05, 3.63) is 181 Å². The van der Waals surface area contributed by atoms with E-state index in [1.54, 1.807) is 0 Å². The molecule has 0 spiro atoms. The van der Waals surface area contributed by atoms with Crippen LogP contribution in [0.5, 0.6) is 0 Å². The van der Waals surface area contributed by atoms with E-state index in [0.29, 0.717) is 17.5 Å². The summed E-state index contributed by atoms with van der Waals surface area (Å²) in [5.41, 5.74) is 14.3. The van der Waals surface area contributed by atoms with E-state index < -0.39 is 0 Å². The van der Waals surface area contributed by atoms with Gasteiger partial charge in [-0.15, -0.1) is 0 Å². The van der Waals surface area contributed by atoms with E-state index >= 15 is 0 Å². The molecule has 0 unspecified atom stereocenters. The summed E-state index contributed by atoms with van der Waals surface area (Å²) in [4.78, 5) is 15.3. The smallest absolute Gasteiger partial charge is 0.167 e. The van der Waals surface area contributed by atoms with Crippen LogP contribution >= 0.6 is 0 Å². The molecule has 0 atom stereocenters. The monoisotopic (exact) mass is 770 g/mol. The van der Waals surface area contributed by atoms with Crippen LogP contribution in [-0.2, 0) is 5.41 Å². The lowest BCUT2D eigenvalue weighted by atomic mass is 9.82. The number of para-hydroxylation sites is 4. The van der Waals surface area contributed by atoms with Crippen molar-refractivity contribution in [3.63, 3.8) is 0 Å². The van der Waals surface area contributed by atoms with Crippen LogP contribution in [0.3, 0.4) is 0 Å². The first-order chi connectivity index (χ1) is 29.5. The third kappa shape index (κ3) is 4.61. The number of nitrogens with zero attached hydrogens (tertiary/aromatic N) is 4. The zero-order valence-electron chi connectivity index (χ0n) is 32.8. The molecule has 0 N–H and O–H groups in total. The van der Waals surface area contributed by atoms with Gasteiger partial charge in [-0.2, -0.15) is 0 Å². The highest BCUT2D eigenvalue weighted by atomic mass is 16.3. The Bertz CT molecular complexity index is 3760. The molecule has 0 amide bonds. The molecule has 6 heteroatoms. The second-order valence-corrected chi connectivity index (χ2v) is 16.4. The van der Waals surface area contributed by atoms with E-state index in [2.05, 4.69) is 122 Å². The van der Waals surface area contributed by atoms with Crippen LogP contribution in [0.25, 0.3) is 117 Å². The van der Waals surface area contributed by atoms with Crippen molar-refractivity contribution in [1.82, 2.24) is 19.5 Å². The Morgan fingerprint density at radius 1 is 0.400 bits per heavy atom. The second-order valence-electron chi connectivity index (χ2n) is 16.4. The number of hydrogen-bond acceptors (Lipinski definition) is 5. The van der Waals surface area contributed by atoms with Gasteiger partial charge < -0.3 is 13.4 Å². The van der Waals surface area contributed by atoms with Gasteiger partial charge in [-0.1, -0.05) is 129 Å². The number of rotatable bonds is 4. The van der Waals surface area contributed by atoms with E-state index in [0.717, 1.165) is 66.3 Å². The minimum Gasteiger partial charge on any atom is -0.455 e. The summed E-state index contributed by atoms with van der Waals surface area (Å²) < 4.78 is 15.7. The summed E-state index contributed by atoms with van der Waals surface area (Å²) in [6.45, 7) is 4.69. The van der Waals surface area contributed by atoms with Crippen molar-refractivity contribution < 1.29 is 8.83 Å². The van der Waals surface area contributed by atoms with Gasteiger partial charge in [0, 0.05) is 49.0 Å². The Morgan fingerprint density at radius 3 is 1.78 bits per heavy atom. The number of furan rings is 2. The molecule has 6 nitrogen and oxygen atoms in total. The first kappa shape index (κ1) is 33.2. The molecule has 4 heterocycles. The normalized spacial score (nSPS) is 13.3. The summed E-state index contributed by atoms with van der Waals surface area (Å²) in [7, 11) is 0.